The lowest BCUT2D eigenvalue weighted by atomic mass is 10.2. The normalized spacial score (nSPS) is 18.3. The Hall–Kier alpha value is -1.87. The number of nitrogens with zero attached hydrogens (tertiary/aromatic N) is 3. The Kier molecular flexibility index (Phi) is 4.53. The number of rotatable bonds is 3. The van der Waals surface area contributed by atoms with Crippen molar-refractivity contribution in [2.75, 3.05) is 18.4 Å². The van der Waals surface area contributed by atoms with Gasteiger partial charge in [0.1, 0.15) is 17.5 Å². The molecule has 0 radical (unpaired) electrons. The van der Waals surface area contributed by atoms with E-state index in [4.69, 9.17) is 5.26 Å². The summed E-state index contributed by atoms with van der Waals surface area (Å²) in [5, 5.41) is 18.0. The molecule has 1 aliphatic heterocycles. The van der Waals surface area contributed by atoms with E-state index in [1.54, 1.807) is 0 Å². The second-order valence-corrected chi connectivity index (χ2v) is 4.89. The number of amides is 1. The van der Waals surface area contributed by atoms with Gasteiger partial charge in [-0.15, -0.1) is 0 Å². The highest BCUT2D eigenvalue weighted by Gasteiger charge is 2.23. The van der Waals surface area contributed by atoms with E-state index in [0.29, 0.717) is 11.4 Å². The number of anilines is 1. The molecule has 1 amide bonds. The predicted octanol–water partition coefficient (Wildman–Crippen LogP) is 1.48. The van der Waals surface area contributed by atoms with Crippen LogP contribution in [0.4, 0.5) is 5.82 Å². The van der Waals surface area contributed by atoms with Crippen molar-refractivity contribution in [3.63, 3.8) is 0 Å². The molecule has 19 heavy (non-hydrogen) atoms. The summed E-state index contributed by atoms with van der Waals surface area (Å²) in [7, 11) is 0. The van der Waals surface area contributed by atoms with Crippen molar-refractivity contribution in [1.29, 1.82) is 5.26 Å². The van der Waals surface area contributed by atoms with E-state index in [1.165, 1.54) is 19.0 Å². The highest BCUT2D eigenvalue weighted by atomic mass is 16.2. The quantitative estimate of drug-likeness (QED) is 0.863. The number of carbonyl (C=O) groups is 1. The molecule has 1 unspecified atom stereocenters. The molecule has 1 fully saturated rings. The summed E-state index contributed by atoms with van der Waals surface area (Å²) in [5.74, 6) is 0.289. The summed E-state index contributed by atoms with van der Waals surface area (Å²) in [5.41, 5.74) is 0.358. The van der Waals surface area contributed by atoms with Crippen LogP contribution in [0.3, 0.4) is 0 Å². The van der Waals surface area contributed by atoms with Gasteiger partial charge in [-0.1, -0.05) is 12.8 Å². The van der Waals surface area contributed by atoms with Crippen molar-refractivity contribution in [1.82, 2.24) is 15.1 Å². The van der Waals surface area contributed by atoms with E-state index in [1.807, 2.05) is 13.0 Å². The highest BCUT2D eigenvalue weighted by molar-refractivity contribution is 5.94. The molecule has 2 rings (SSSR count). The number of aromatic amines is 1. The van der Waals surface area contributed by atoms with Crippen LogP contribution in [0.25, 0.3) is 0 Å². The Morgan fingerprint density at radius 2 is 2.16 bits per heavy atom. The third-order valence-corrected chi connectivity index (χ3v) is 3.58. The lowest BCUT2D eigenvalue weighted by molar-refractivity contribution is -0.120. The molecule has 1 aromatic rings. The van der Waals surface area contributed by atoms with E-state index in [-0.39, 0.29) is 11.9 Å². The zero-order valence-corrected chi connectivity index (χ0v) is 11.1. The Balaban J connectivity index is 1.97. The minimum Gasteiger partial charge on any atom is -0.309 e. The molecule has 0 aromatic carbocycles. The van der Waals surface area contributed by atoms with Crippen LogP contribution >= 0.6 is 0 Å². The SMILES string of the molecule is CC(C(=O)Nc1[nH]ncc1C#N)N1CCCCCC1. The Labute approximate surface area is 112 Å². The molecule has 1 aliphatic rings. The summed E-state index contributed by atoms with van der Waals surface area (Å²) in [6.07, 6.45) is 6.18. The van der Waals surface area contributed by atoms with Gasteiger partial charge in [-0.3, -0.25) is 14.8 Å². The number of nitriles is 1. The number of nitrogens with one attached hydrogen (secondary N) is 2. The first-order valence-electron chi connectivity index (χ1n) is 6.70. The van der Waals surface area contributed by atoms with E-state index >= 15 is 0 Å². The summed E-state index contributed by atoms with van der Waals surface area (Å²) in [4.78, 5) is 14.4. The smallest absolute Gasteiger partial charge is 0.242 e. The molecule has 0 aliphatic carbocycles. The largest absolute Gasteiger partial charge is 0.309 e. The summed E-state index contributed by atoms with van der Waals surface area (Å²) < 4.78 is 0. The van der Waals surface area contributed by atoms with Gasteiger partial charge >= 0.3 is 0 Å². The number of carbonyl (C=O) groups excluding carboxylic acids is 1. The number of likely N-dealkylation sites (tertiary alicyclic amines) is 1. The summed E-state index contributed by atoms with van der Waals surface area (Å²) in [6.45, 7) is 3.83. The fourth-order valence-corrected chi connectivity index (χ4v) is 2.34. The van der Waals surface area contributed by atoms with Crippen molar-refractivity contribution in [2.24, 2.45) is 0 Å². The summed E-state index contributed by atoms with van der Waals surface area (Å²) in [6, 6.07) is 1.80. The topological polar surface area (TPSA) is 84.8 Å². The molecule has 0 spiro atoms. The van der Waals surface area contributed by atoms with Crippen LogP contribution in [0.15, 0.2) is 6.20 Å². The Morgan fingerprint density at radius 1 is 1.47 bits per heavy atom. The van der Waals surface area contributed by atoms with Gasteiger partial charge in [0, 0.05) is 0 Å². The average molecular weight is 261 g/mol. The van der Waals surface area contributed by atoms with Crippen molar-refractivity contribution in [3.8, 4) is 6.07 Å². The molecule has 0 bridgehead atoms. The lowest BCUT2D eigenvalue weighted by Crippen LogP contribution is -2.42. The van der Waals surface area contributed by atoms with Crippen LogP contribution in [0.1, 0.15) is 38.2 Å². The van der Waals surface area contributed by atoms with E-state index < -0.39 is 0 Å². The molecule has 2 N–H and O–H groups in total. The van der Waals surface area contributed by atoms with Gasteiger partial charge in [-0.2, -0.15) is 10.4 Å². The van der Waals surface area contributed by atoms with Crippen LogP contribution < -0.4 is 5.32 Å². The average Bonchev–Trinajstić information content (AvgIpc) is 2.69. The van der Waals surface area contributed by atoms with Gasteiger partial charge in [-0.05, 0) is 32.9 Å². The van der Waals surface area contributed by atoms with Crippen molar-refractivity contribution in [2.45, 2.75) is 38.6 Å². The molecule has 1 atom stereocenters. The van der Waals surface area contributed by atoms with Gasteiger partial charge in [0.15, 0.2) is 0 Å². The molecule has 102 valence electrons. The van der Waals surface area contributed by atoms with Crippen LogP contribution in [0, 0.1) is 11.3 Å². The molecular formula is C13H19N5O. The first-order chi connectivity index (χ1) is 9.22. The Morgan fingerprint density at radius 3 is 2.79 bits per heavy atom. The predicted molar refractivity (Wildman–Crippen MR) is 71.4 cm³/mol. The van der Waals surface area contributed by atoms with Gasteiger partial charge in [-0.25, -0.2) is 0 Å². The fraction of sp³-hybridized carbons (Fsp3) is 0.615. The monoisotopic (exact) mass is 261 g/mol. The molecule has 6 heteroatoms. The summed E-state index contributed by atoms with van der Waals surface area (Å²) >= 11 is 0. The maximum absolute atomic E-state index is 12.2. The second kappa shape index (κ2) is 6.34. The maximum Gasteiger partial charge on any atom is 0.242 e. The molecule has 2 heterocycles. The standard InChI is InChI=1S/C13H19N5O/c1-10(18-6-4-2-3-5-7-18)13(19)16-12-11(8-14)9-15-17-12/h9-10H,2-7H2,1H3,(H2,15,16,17,19). The highest BCUT2D eigenvalue weighted by Crippen LogP contribution is 2.15. The van der Waals surface area contributed by atoms with E-state index in [0.717, 1.165) is 25.9 Å². The van der Waals surface area contributed by atoms with Gasteiger partial charge in [0.25, 0.3) is 0 Å². The van der Waals surface area contributed by atoms with Gasteiger partial charge < -0.3 is 5.32 Å². The third kappa shape index (κ3) is 3.32. The second-order valence-electron chi connectivity index (χ2n) is 4.89. The van der Waals surface area contributed by atoms with Crippen molar-refractivity contribution in [3.05, 3.63) is 11.8 Å². The van der Waals surface area contributed by atoms with Crippen LogP contribution in [-0.2, 0) is 4.79 Å². The zero-order chi connectivity index (χ0) is 13.7. The van der Waals surface area contributed by atoms with E-state index in [2.05, 4.69) is 20.4 Å². The third-order valence-electron chi connectivity index (χ3n) is 3.58. The lowest BCUT2D eigenvalue weighted by Gasteiger charge is -2.26. The van der Waals surface area contributed by atoms with Gasteiger partial charge in [0.05, 0.1) is 12.2 Å². The van der Waals surface area contributed by atoms with Crippen LogP contribution in [0.5, 0.6) is 0 Å². The number of aromatic nitrogens is 2. The minimum absolute atomic E-state index is 0.0948. The molecule has 1 aromatic heterocycles. The zero-order valence-electron chi connectivity index (χ0n) is 11.1. The minimum atomic E-state index is -0.187. The fourth-order valence-electron chi connectivity index (χ4n) is 2.34. The van der Waals surface area contributed by atoms with E-state index in [9.17, 15) is 4.79 Å². The molecular weight excluding hydrogens is 242 g/mol. The molecule has 6 nitrogen and oxygen atoms in total. The first-order valence-corrected chi connectivity index (χ1v) is 6.70. The van der Waals surface area contributed by atoms with Gasteiger partial charge in [0.2, 0.25) is 5.91 Å². The Bertz CT molecular complexity index is 468. The number of hydrogen-bond donors (Lipinski definition) is 2. The molecule has 1 saturated heterocycles. The van der Waals surface area contributed by atoms with Crippen molar-refractivity contribution >= 4 is 11.7 Å². The van der Waals surface area contributed by atoms with Crippen molar-refractivity contribution < 1.29 is 4.79 Å². The maximum atomic E-state index is 12.2. The van der Waals surface area contributed by atoms with Crippen LogP contribution in [-0.4, -0.2) is 40.1 Å². The molecule has 0 saturated carbocycles. The van der Waals surface area contributed by atoms with Crippen LogP contribution in [0.2, 0.25) is 0 Å². The number of H-pyrrole nitrogens is 1. The first kappa shape index (κ1) is 13.6. The number of hydrogen-bond acceptors (Lipinski definition) is 4.